The van der Waals surface area contributed by atoms with Gasteiger partial charge in [-0.15, -0.1) is 5.10 Å². The first kappa shape index (κ1) is 19.1. The van der Waals surface area contributed by atoms with Crippen LogP contribution in [0.4, 0.5) is 27.3 Å². The minimum Gasteiger partial charge on any atom is -0.370 e. The predicted octanol–water partition coefficient (Wildman–Crippen LogP) is 3.76. The van der Waals surface area contributed by atoms with Gasteiger partial charge in [-0.2, -0.15) is 5.10 Å². The van der Waals surface area contributed by atoms with Gasteiger partial charge in [0.25, 0.3) is 10.0 Å². The Balaban J connectivity index is 1.46. The second-order valence-corrected chi connectivity index (χ2v) is 8.38. The molecule has 0 bridgehead atoms. The highest BCUT2D eigenvalue weighted by atomic mass is 32.2. The number of hydrogen-bond acceptors (Lipinski definition) is 6. The Labute approximate surface area is 168 Å². The monoisotopic (exact) mass is 413 g/mol. The van der Waals surface area contributed by atoms with E-state index in [9.17, 15) is 12.8 Å². The van der Waals surface area contributed by atoms with Gasteiger partial charge in [0.2, 0.25) is 0 Å². The minimum atomic E-state index is -4.00. The van der Waals surface area contributed by atoms with Crippen LogP contribution < -0.4 is 14.9 Å². The average Bonchev–Trinajstić information content (AvgIpc) is 3.25. The van der Waals surface area contributed by atoms with Crippen LogP contribution in [-0.4, -0.2) is 31.7 Å². The van der Waals surface area contributed by atoms with Crippen molar-refractivity contribution < 1.29 is 12.8 Å². The molecule has 0 aliphatic carbocycles. The molecule has 1 aliphatic rings. The van der Waals surface area contributed by atoms with Crippen LogP contribution in [-0.2, 0) is 10.0 Å². The molecule has 150 valence electrons. The molecule has 3 aromatic rings. The van der Waals surface area contributed by atoms with E-state index in [0.29, 0.717) is 11.5 Å². The zero-order chi connectivity index (χ0) is 20.3. The highest BCUT2D eigenvalue weighted by Crippen LogP contribution is 2.24. The van der Waals surface area contributed by atoms with Gasteiger partial charge in [-0.1, -0.05) is 12.1 Å². The molecule has 7 nitrogen and oxygen atoms in total. The Morgan fingerprint density at radius 1 is 0.966 bits per heavy atom. The maximum absolute atomic E-state index is 13.8. The molecule has 29 heavy (non-hydrogen) atoms. The average molecular weight is 413 g/mol. The third-order valence-corrected chi connectivity index (χ3v) is 6.06. The molecule has 0 saturated carbocycles. The smallest absolute Gasteiger partial charge is 0.264 e. The molecule has 2 heterocycles. The molecular formula is C20H20FN5O2S. The predicted molar refractivity (Wildman–Crippen MR) is 110 cm³/mol. The third-order valence-electron chi connectivity index (χ3n) is 4.65. The second kappa shape index (κ2) is 8.04. The number of anilines is 4. The van der Waals surface area contributed by atoms with E-state index in [4.69, 9.17) is 0 Å². The van der Waals surface area contributed by atoms with E-state index in [-0.39, 0.29) is 0 Å². The van der Waals surface area contributed by atoms with Crippen LogP contribution in [0.15, 0.2) is 65.7 Å². The standard InChI is InChI=1S/C20H20FN5O2S/c21-18-5-1-2-6-19(18)29(27,28)25-16-9-7-15(8-10-16)23-20-13-17(14-22-24-20)26-11-3-4-12-26/h1-2,5-10,13-14,25H,3-4,11-12H2,(H,23,24). The lowest BCUT2D eigenvalue weighted by molar-refractivity contribution is 0.570. The zero-order valence-electron chi connectivity index (χ0n) is 15.5. The van der Waals surface area contributed by atoms with Gasteiger partial charge >= 0.3 is 0 Å². The van der Waals surface area contributed by atoms with Crippen molar-refractivity contribution in [1.29, 1.82) is 0 Å². The van der Waals surface area contributed by atoms with Crippen molar-refractivity contribution in [3.63, 3.8) is 0 Å². The van der Waals surface area contributed by atoms with Crippen molar-refractivity contribution >= 4 is 32.9 Å². The number of hydrogen-bond donors (Lipinski definition) is 2. The molecule has 0 spiro atoms. The fraction of sp³-hybridized carbons (Fsp3) is 0.200. The molecule has 2 N–H and O–H groups in total. The summed E-state index contributed by atoms with van der Waals surface area (Å²) >= 11 is 0. The van der Waals surface area contributed by atoms with Crippen LogP contribution in [0.2, 0.25) is 0 Å². The number of aromatic nitrogens is 2. The molecule has 0 atom stereocenters. The SMILES string of the molecule is O=S(=O)(Nc1ccc(Nc2cc(N3CCCC3)cnn2)cc1)c1ccccc1F. The molecule has 2 aromatic carbocycles. The summed E-state index contributed by atoms with van der Waals surface area (Å²) in [4.78, 5) is 1.87. The van der Waals surface area contributed by atoms with Crippen molar-refractivity contribution in [3.8, 4) is 0 Å². The largest absolute Gasteiger partial charge is 0.370 e. The molecule has 1 aromatic heterocycles. The van der Waals surface area contributed by atoms with Gasteiger partial charge in [-0.05, 0) is 49.2 Å². The second-order valence-electron chi connectivity index (χ2n) is 6.73. The van der Waals surface area contributed by atoms with Crippen molar-refractivity contribution in [2.45, 2.75) is 17.7 Å². The third kappa shape index (κ3) is 4.45. The number of benzene rings is 2. The molecule has 1 aliphatic heterocycles. The lowest BCUT2D eigenvalue weighted by Crippen LogP contribution is -2.18. The number of sulfonamides is 1. The van der Waals surface area contributed by atoms with Crippen molar-refractivity contribution in [1.82, 2.24) is 10.2 Å². The Hall–Kier alpha value is -3.20. The van der Waals surface area contributed by atoms with Gasteiger partial charge in [0, 0.05) is 30.5 Å². The van der Waals surface area contributed by atoms with Crippen LogP contribution in [0.25, 0.3) is 0 Å². The normalized spacial score (nSPS) is 14.0. The van der Waals surface area contributed by atoms with E-state index in [1.807, 2.05) is 6.07 Å². The van der Waals surface area contributed by atoms with E-state index in [2.05, 4.69) is 25.1 Å². The molecule has 0 amide bonds. The van der Waals surface area contributed by atoms with Gasteiger partial charge in [0.05, 0.1) is 11.9 Å². The first-order chi connectivity index (χ1) is 14.0. The van der Waals surface area contributed by atoms with Gasteiger partial charge in [-0.25, -0.2) is 12.8 Å². The Kier molecular flexibility index (Phi) is 5.30. The Morgan fingerprint density at radius 3 is 2.38 bits per heavy atom. The first-order valence-corrected chi connectivity index (χ1v) is 10.7. The molecule has 0 radical (unpaired) electrons. The maximum atomic E-state index is 13.8. The number of rotatable bonds is 6. The summed E-state index contributed by atoms with van der Waals surface area (Å²) in [6.45, 7) is 2.03. The van der Waals surface area contributed by atoms with E-state index in [1.165, 1.54) is 31.0 Å². The van der Waals surface area contributed by atoms with Crippen LogP contribution in [0, 0.1) is 5.82 Å². The van der Waals surface area contributed by atoms with Crippen molar-refractivity contribution in [3.05, 3.63) is 66.6 Å². The van der Waals surface area contributed by atoms with Crippen molar-refractivity contribution in [2.75, 3.05) is 28.0 Å². The molecule has 4 rings (SSSR count). The summed E-state index contributed by atoms with van der Waals surface area (Å²) in [5.74, 6) is -0.191. The quantitative estimate of drug-likeness (QED) is 0.640. The summed E-state index contributed by atoms with van der Waals surface area (Å²) in [6, 6.07) is 13.8. The van der Waals surface area contributed by atoms with Crippen LogP contribution >= 0.6 is 0 Å². The summed E-state index contributed by atoms with van der Waals surface area (Å²) in [6.07, 6.45) is 4.10. The van der Waals surface area contributed by atoms with Crippen LogP contribution in [0.1, 0.15) is 12.8 Å². The van der Waals surface area contributed by atoms with E-state index >= 15 is 0 Å². The lowest BCUT2D eigenvalue weighted by atomic mass is 10.3. The zero-order valence-corrected chi connectivity index (χ0v) is 16.4. The van der Waals surface area contributed by atoms with Gasteiger partial charge in [0.15, 0.2) is 5.82 Å². The molecular weight excluding hydrogens is 393 g/mol. The fourth-order valence-electron chi connectivity index (χ4n) is 3.21. The molecule has 1 fully saturated rings. The van der Waals surface area contributed by atoms with E-state index in [0.717, 1.165) is 30.5 Å². The van der Waals surface area contributed by atoms with Gasteiger partial charge in [0.1, 0.15) is 10.7 Å². The van der Waals surface area contributed by atoms with Gasteiger partial charge < -0.3 is 10.2 Å². The van der Waals surface area contributed by atoms with E-state index in [1.54, 1.807) is 30.5 Å². The van der Waals surface area contributed by atoms with Crippen molar-refractivity contribution in [2.24, 2.45) is 0 Å². The van der Waals surface area contributed by atoms with Crippen LogP contribution in [0.3, 0.4) is 0 Å². The highest BCUT2D eigenvalue weighted by molar-refractivity contribution is 7.92. The summed E-state index contributed by atoms with van der Waals surface area (Å²) in [7, 11) is -4.00. The summed E-state index contributed by atoms with van der Waals surface area (Å²) in [5, 5.41) is 11.3. The number of nitrogens with one attached hydrogen (secondary N) is 2. The van der Waals surface area contributed by atoms with E-state index < -0.39 is 20.7 Å². The Morgan fingerprint density at radius 2 is 1.66 bits per heavy atom. The summed E-state index contributed by atoms with van der Waals surface area (Å²) < 4.78 is 40.9. The highest BCUT2D eigenvalue weighted by Gasteiger charge is 2.18. The Bertz CT molecular complexity index is 1100. The fourth-order valence-corrected chi connectivity index (χ4v) is 4.35. The molecule has 0 unspecified atom stereocenters. The maximum Gasteiger partial charge on any atom is 0.264 e. The molecule has 1 saturated heterocycles. The first-order valence-electron chi connectivity index (χ1n) is 9.23. The lowest BCUT2D eigenvalue weighted by Gasteiger charge is -2.17. The van der Waals surface area contributed by atoms with Gasteiger partial charge in [-0.3, -0.25) is 4.72 Å². The number of halogens is 1. The topological polar surface area (TPSA) is 87.2 Å². The van der Waals surface area contributed by atoms with Crippen LogP contribution in [0.5, 0.6) is 0 Å². The number of nitrogens with zero attached hydrogens (tertiary/aromatic N) is 3. The summed E-state index contributed by atoms with van der Waals surface area (Å²) in [5.41, 5.74) is 2.08. The minimum absolute atomic E-state index is 0.329. The molecule has 9 heteroatoms.